The van der Waals surface area contributed by atoms with Gasteiger partial charge in [0.1, 0.15) is 29.3 Å². The minimum atomic E-state index is -4.68. The van der Waals surface area contributed by atoms with Crippen LogP contribution in [0.15, 0.2) is 36.5 Å². The van der Waals surface area contributed by atoms with Gasteiger partial charge >= 0.3 is 15.2 Å². The summed E-state index contributed by atoms with van der Waals surface area (Å²) in [7, 11) is -9.26. The van der Waals surface area contributed by atoms with E-state index in [0.29, 0.717) is 16.6 Å². The first-order valence-electron chi connectivity index (χ1n) is 11.0. The molecule has 0 aliphatic carbocycles. The molecule has 0 amide bonds. The van der Waals surface area contributed by atoms with Crippen molar-refractivity contribution in [2.75, 3.05) is 17.8 Å². The molecule has 1 aromatic carbocycles. The van der Waals surface area contributed by atoms with Crippen LogP contribution in [0.4, 0.5) is 10.1 Å². The number of aromatic nitrogens is 3. The highest BCUT2D eigenvalue weighted by Crippen LogP contribution is 2.57. The number of nitrogens with zero attached hydrogens (tertiary/aromatic N) is 3. The van der Waals surface area contributed by atoms with Crippen molar-refractivity contribution in [3.63, 3.8) is 0 Å². The highest BCUT2D eigenvalue weighted by molar-refractivity contribution is 7.70. The Kier molecular flexibility index (Phi) is 8.58. The second-order valence-corrected chi connectivity index (χ2v) is 13.1. The zero-order valence-corrected chi connectivity index (χ0v) is 22.2. The Morgan fingerprint density at radius 3 is 2.66 bits per heavy atom. The Bertz CT molecular complexity index is 1410. The molecular formula is C20H25ClFN5O9P2. The maximum absolute atomic E-state index is 14.3. The van der Waals surface area contributed by atoms with Gasteiger partial charge < -0.3 is 34.6 Å². The van der Waals surface area contributed by atoms with Gasteiger partial charge in [0.25, 0.3) is 0 Å². The molecule has 0 saturated carbocycles. The first-order chi connectivity index (χ1) is 17.8. The average Bonchev–Trinajstić information content (AvgIpc) is 3.38. The molecule has 3 heterocycles. The summed E-state index contributed by atoms with van der Waals surface area (Å²) in [4.78, 5) is 23.4. The maximum Gasteiger partial charge on any atom is 0.356 e. The summed E-state index contributed by atoms with van der Waals surface area (Å²) >= 11 is 6.22. The van der Waals surface area contributed by atoms with E-state index in [1.807, 2.05) is 0 Å². The Labute approximate surface area is 220 Å². The molecule has 1 fully saturated rings. The molecule has 4 rings (SSSR count). The first kappa shape index (κ1) is 29.0. The smallest absolute Gasteiger partial charge is 0.356 e. The van der Waals surface area contributed by atoms with Gasteiger partial charge in [0.15, 0.2) is 17.8 Å². The van der Waals surface area contributed by atoms with Crippen molar-refractivity contribution >= 4 is 43.5 Å². The molecule has 38 heavy (non-hydrogen) atoms. The van der Waals surface area contributed by atoms with Crippen LogP contribution < -0.4 is 11.2 Å². The van der Waals surface area contributed by atoms with E-state index in [0.717, 1.165) is 4.68 Å². The Morgan fingerprint density at radius 2 is 1.97 bits per heavy atom. The summed E-state index contributed by atoms with van der Waals surface area (Å²) < 4.78 is 53.2. The lowest BCUT2D eigenvalue weighted by Crippen LogP contribution is -2.33. The molecule has 18 heteroatoms. The van der Waals surface area contributed by atoms with Gasteiger partial charge in [-0.3, -0.25) is 9.13 Å². The number of pyridine rings is 1. The molecule has 7 N–H and O–H groups in total. The molecule has 3 aromatic rings. The van der Waals surface area contributed by atoms with Crippen LogP contribution in [0.25, 0.3) is 11.0 Å². The van der Waals surface area contributed by atoms with Crippen molar-refractivity contribution in [2.45, 2.75) is 37.5 Å². The molecule has 14 nitrogen and oxygen atoms in total. The van der Waals surface area contributed by atoms with Gasteiger partial charge in [0.2, 0.25) is 0 Å². The van der Waals surface area contributed by atoms with Gasteiger partial charge in [-0.15, -0.1) is 0 Å². The predicted octanol–water partition coefficient (Wildman–Crippen LogP) is 2.25. The fourth-order valence-electron chi connectivity index (χ4n) is 3.99. The van der Waals surface area contributed by atoms with Gasteiger partial charge in [-0.25, -0.2) is 24.6 Å². The standard InChI is InChI=1S/C20H25ClFN5O9P2/c1-10(11-4-2-3-5-13(11)22)25-14-6-16(21)26-19-12(14)7-24-27(19)20-18(29)17(28)15(35-20)8-34-37(30,31)9-38(32,33)36-23/h2-7,10,15,17-18,20,28-29H,8-9,23H2,1H3,(H,25,26)(H,30,31)(H,32,33)/t10-,15+,17+,18+,20+/m0/s1. The third kappa shape index (κ3) is 6.24. The van der Waals surface area contributed by atoms with Gasteiger partial charge in [-0.1, -0.05) is 29.8 Å². The van der Waals surface area contributed by atoms with Crippen LogP contribution >= 0.6 is 26.8 Å². The number of rotatable bonds is 10. The van der Waals surface area contributed by atoms with Gasteiger partial charge in [-0.2, -0.15) is 5.10 Å². The third-order valence-electron chi connectivity index (χ3n) is 5.82. The number of nitrogens with one attached hydrogen (secondary N) is 1. The highest BCUT2D eigenvalue weighted by Gasteiger charge is 2.46. The van der Waals surface area contributed by atoms with Gasteiger partial charge in [-0.05, 0) is 19.1 Å². The van der Waals surface area contributed by atoms with Crippen LogP contribution in [0.5, 0.6) is 0 Å². The van der Waals surface area contributed by atoms with Crippen LogP contribution in [0, 0.1) is 5.82 Å². The number of ether oxygens (including phenoxy) is 1. The average molecular weight is 596 g/mol. The summed E-state index contributed by atoms with van der Waals surface area (Å²) in [5.74, 6) is 2.94. The molecule has 0 radical (unpaired) electrons. The van der Waals surface area contributed by atoms with E-state index in [9.17, 15) is 33.5 Å². The fourth-order valence-corrected chi connectivity index (χ4v) is 6.96. The number of hydrogen-bond donors (Lipinski definition) is 6. The summed E-state index contributed by atoms with van der Waals surface area (Å²) in [6.45, 7) is 1.02. The van der Waals surface area contributed by atoms with Crippen molar-refractivity contribution in [3.8, 4) is 0 Å². The summed E-state index contributed by atoms with van der Waals surface area (Å²) in [6, 6.07) is 7.32. The molecule has 2 unspecified atom stereocenters. The SMILES string of the molecule is C[C@H](Nc1cc(Cl)nc2c1cnn2[C@@H]1O[C@H](COP(=O)(O)CP(=O)(O)ON)[C@@H](O)[C@H]1O)c1ccccc1F. The lowest BCUT2D eigenvalue weighted by atomic mass is 10.1. The first-order valence-corrected chi connectivity index (χ1v) is 14.9. The molecule has 7 atom stereocenters. The van der Waals surface area contributed by atoms with E-state index >= 15 is 0 Å². The Hall–Kier alpha value is -2.00. The highest BCUT2D eigenvalue weighted by atomic mass is 35.5. The number of nitrogens with two attached hydrogens (primary N) is 1. The monoisotopic (exact) mass is 595 g/mol. The van der Waals surface area contributed by atoms with E-state index < -0.39 is 64.1 Å². The normalized spacial score (nSPS) is 25.7. The molecule has 0 spiro atoms. The number of aliphatic hydroxyl groups excluding tert-OH is 2. The zero-order valence-electron chi connectivity index (χ0n) is 19.7. The van der Waals surface area contributed by atoms with Crippen molar-refractivity contribution in [3.05, 3.63) is 53.1 Å². The number of hydrogen-bond acceptors (Lipinski definition) is 11. The largest absolute Gasteiger partial charge is 0.387 e. The Morgan fingerprint density at radius 1 is 1.26 bits per heavy atom. The number of halogens is 2. The quantitative estimate of drug-likeness (QED) is 0.113. The third-order valence-corrected chi connectivity index (χ3v) is 9.76. The molecule has 2 aromatic heterocycles. The fraction of sp³-hybridized carbons (Fsp3) is 0.400. The molecular weight excluding hydrogens is 571 g/mol. The lowest BCUT2D eigenvalue weighted by molar-refractivity contribution is -0.0541. The summed E-state index contributed by atoms with van der Waals surface area (Å²) in [5, 5.41) is 28.9. The molecule has 1 aliphatic heterocycles. The van der Waals surface area contributed by atoms with E-state index in [2.05, 4.69) is 25.9 Å². The second-order valence-electron chi connectivity index (χ2n) is 8.57. The minimum absolute atomic E-state index is 0.0483. The minimum Gasteiger partial charge on any atom is -0.387 e. The van der Waals surface area contributed by atoms with Crippen molar-refractivity contribution in [2.24, 2.45) is 5.90 Å². The molecule has 0 bridgehead atoms. The van der Waals surface area contributed by atoms with Crippen molar-refractivity contribution < 1.29 is 47.4 Å². The van der Waals surface area contributed by atoms with Crippen LogP contribution in [0.2, 0.25) is 5.15 Å². The van der Waals surface area contributed by atoms with Crippen LogP contribution in [-0.2, 0) is 23.0 Å². The van der Waals surface area contributed by atoms with E-state index in [1.54, 1.807) is 25.1 Å². The second kappa shape index (κ2) is 11.2. The van der Waals surface area contributed by atoms with E-state index in [1.165, 1.54) is 18.3 Å². The number of aliphatic hydroxyl groups is 2. The molecule has 208 valence electrons. The van der Waals surface area contributed by atoms with Crippen LogP contribution in [0.1, 0.15) is 24.8 Å². The van der Waals surface area contributed by atoms with E-state index in [-0.39, 0.29) is 10.8 Å². The van der Waals surface area contributed by atoms with Crippen molar-refractivity contribution in [1.82, 2.24) is 14.8 Å². The summed E-state index contributed by atoms with van der Waals surface area (Å²) in [6.07, 6.45) is -4.40. The number of anilines is 1. The van der Waals surface area contributed by atoms with Crippen LogP contribution in [0.3, 0.4) is 0 Å². The number of fused-ring (bicyclic) bond motifs is 1. The Balaban J connectivity index is 1.54. The van der Waals surface area contributed by atoms with E-state index in [4.69, 9.17) is 20.9 Å². The topological polar surface area (TPSA) is 212 Å². The van der Waals surface area contributed by atoms with Gasteiger partial charge in [0, 0.05) is 5.56 Å². The molecule has 1 saturated heterocycles. The zero-order chi connectivity index (χ0) is 27.8. The predicted molar refractivity (Wildman–Crippen MR) is 133 cm³/mol. The number of benzene rings is 1. The van der Waals surface area contributed by atoms with Gasteiger partial charge in [0.05, 0.1) is 29.9 Å². The van der Waals surface area contributed by atoms with Crippen molar-refractivity contribution in [1.29, 1.82) is 0 Å². The maximum atomic E-state index is 14.3. The summed E-state index contributed by atoms with van der Waals surface area (Å²) in [5.41, 5.74) is 1.04. The molecule has 1 aliphatic rings. The lowest BCUT2D eigenvalue weighted by Gasteiger charge is -2.19. The van der Waals surface area contributed by atoms with Crippen LogP contribution in [-0.4, -0.2) is 65.6 Å².